The van der Waals surface area contributed by atoms with E-state index < -0.39 is 0 Å². The molecule has 0 unspecified atom stereocenters. The molecule has 0 aromatic heterocycles. The van der Waals surface area contributed by atoms with Crippen LogP contribution in [0, 0.1) is 3.57 Å². The van der Waals surface area contributed by atoms with Crippen molar-refractivity contribution in [1.82, 2.24) is 0 Å². The minimum Gasteiger partial charge on any atom is -0.354 e. The van der Waals surface area contributed by atoms with Crippen molar-refractivity contribution in [3.05, 3.63) is 79.8 Å². The van der Waals surface area contributed by atoms with Crippen molar-refractivity contribution in [2.45, 2.75) is 0 Å². The Labute approximate surface area is 157 Å². The molecular weight excluding hydrogens is 472 g/mol. The van der Waals surface area contributed by atoms with Crippen LogP contribution in [-0.2, 0) is 0 Å². The molecule has 22 heavy (non-hydrogen) atoms. The highest BCUT2D eigenvalue weighted by atomic mass is 127. The van der Waals surface area contributed by atoms with Gasteiger partial charge >= 0.3 is 0 Å². The van der Waals surface area contributed by atoms with Crippen LogP contribution in [0.25, 0.3) is 11.1 Å². The second-order valence-corrected chi connectivity index (χ2v) is 7.23. The maximum atomic E-state index is 6.10. The van der Waals surface area contributed by atoms with E-state index in [1.165, 1.54) is 14.7 Å². The van der Waals surface area contributed by atoms with Crippen molar-refractivity contribution >= 4 is 61.5 Å². The summed E-state index contributed by atoms with van der Waals surface area (Å²) in [6.45, 7) is 0. The first-order valence-electron chi connectivity index (χ1n) is 6.71. The number of nitrogens with one attached hydrogen (secondary N) is 1. The first-order chi connectivity index (χ1) is 10.6. The summed E-state index contributed by atoms with van der Waals surface area (Å²) in [7, 11) is 0. The van der Waals surface area contributed by atoms with Crippen LogP contribution in [0.4, 0.5) is 11.4 Å². The summed E-state index contributed by atoms with van der Waals surface area (Å²) in [6.07, 6.45) is 0. The number of hydrogen-bond acceptors (Lipinski definition) is 1. The molecule has 0 bridgehead atoms. The van der Waals surface area contributed by atoms with Gasteiger partial charge < -0.3 is 5.32 Å². The number of para-hydroxylation sites is 1. The zero-order valence-electron chi connectivity index (χ0n) is 11.5. The third kappa shape index (κ3) is 3.47. The maximum absolute atomic E-state index is 6.10. The van der Waals surface area contributed by atoms with E-state index in [4.69, 9.17) is 11.6 Å². The Morgan fingerprint density at radius 1 is 0.818 bits per heavy atom. The lowest BCUT2D eigenvalue weighted by Gasteiger charge is -2.14. The lowest BCUT2D eigenvalue weighted by molar-refractivity contribution is 1.50. The second kappa shape index (κ2) is 7.02. The van der Waals surface area contributed by atoms with Crippen molar-refractivity contribution in [3.63, 3.8) is 0 Å². The zero-order chi connectivity index (χ0) is 15.5. The molecule has 4 heteroatoms. The molecule has 3 aromatic carbocycles. The number of halogens is 3. The van der Waals surface area contributed by atoms with E-state index in [1.54, 1.807) is 0 Å². The van der Waals surface area contributed by atoms with Gasteiger partial charge in [0.1, 0.15) is 0 Å². The Hall–Kier alpha value is -1.04. The summed E-state index contributed by atoms with van der Waals surface area (Å²) >= 11 is 12.0. The fourth-order valence-electron chi connectivity index (χ4n) is 2.24. The van der Waals surface area contributed by atoms with E-state index in [2.05, 4.69) is 86.3 Å². The summed E-state index contributed by atoms with van der Waals surface area (Å²) in [5, 5.41) is 4.18. The molecule has 1 N–H and O–H groups in total. The van der Waals surface area contributed by atoms with Gasteiger partial charge in [-0.1, -0.05) is 48.0 Å². The van der Waals surface area contributed by atoms with Gasteiger partial charge in [-0.2, -0.15) is 0 Å². The Balaban J connectivity index is 2.06. The van der Waals surface area contributed by atoms with E-state index in [0.29, 0.717) is 5.02 Å². The molecule has 3 aromatic rings. The molecule has 0 aliphatic heterocycles. The van der Waals surface area contributed by atoms with Crippen molar-refractivity contribution < 1.29 is 0 Å². The van der Waals surface area contributed by atoms with Gasteiger partial charge in [0.2, 0.25) is 0 Å². The number of hydrogen-bond donors (Lipinski definition) is 1. The van der Waals surface area contributed by atoms with Gasteiger partial charge in [0, 0.05) is 24.3 Å². The van der Waals surface area contributed by atoms with Gasteiger partial charge in [-0.05, 0) is 74.4 Å². The minimum absolute atomic E-state index is 0.706. The van der Waals surface area contributed by atoms with E-state index >= 15 is 0 Å². The Morgan fingerprint density at radius 3 is 2.27 bits per heavy atom. The minimum atomic E-state index is 0.706. The summed E-state index contributed by atoms with van der Waals surface area (Å²) in [5.41, 5.74) is 4.38. The van der Waals surface area contributed by atoms with Crippen LogP contribution in [0.3, 0.4) is 0 Å². The van der Waals surface area contributed by atoms with Gasteiger partial charge in [0.05, 0.1) is 5.69 Å². The van der Waals surface area contributed by atoms with Crippen molar-refractivity contribution in [2.75, 3.05) is 5.32 Å². The quantitative estimate of drug-likeness (QED) is 0.391. The summed E-state index contributed by atoms with van der Waals surface area (Å²) in [5.74, 6) is 0. The third-order valence-corrected chi connectivity index (χ3v) is 5.16. The highest BCUT2D eigenvalue weighted by molar-refractivity contribution is 14.1. The maximum Gasteiger partial charge on any atom is 0.0543 e. The molecule has 0 fully saturated rings. The first kappa shape index (κ1) is 15.8. The van der Waals surface area contributed by atoms with Crippen LogP contribution < -0.4 is 5.32 Å². The molecule has 0 atom stereocenters. The molecule has 0 amide bonds. The lowest BCUT2D eigenvalue weighted by Crippen LogP contribution is -1.95. The number of rotatable bonds is 3. The third-order valence-electron chi connectivity index (χ3n) is 3.29. The predicted molar refractivity (Wildman–Crippen MR) is 107 cm³/mol. The Morgan fingerprint density at radius 2 is 1.50 bits per heavy atom. The van der Waals surface area contributed by atoms with Gasteiger partial charge in [0.25, 0.3) is 0 Å². The Kier molecular flexibility index (Phi) is 5.06. The molecule has 0 aliphatic rings. The largest absolute Gasteiger partial charge is 0.354 e. The van der Waals surface area contributed by atoms with Crippen molar-refractivity contribution in [2.24, 2.45) is 0 Å². The molecule has 0 radical (unpaired) electrons. The van der Waals surface area contributed by atoms with Gasteiger partial charge in [0.15, 0.2) is 0 Å². The fourth-order valence-corrected chi connectivity index (χ4v) is 3.44. The zero-order valence-corrected chi connectivity index (χ0v) is 16.0. The van der Waals surface area contributed by atoms with Gasteiger partial charge in [-0.25, -0.2) is 0 Å². The molecule has 0 aliphatic carbocycles. The molecular formula is C18H12BrClIN. The lowest BCUT2D eigenvalue weighted by atomic mass is 10.0. The van der Waals surface area contributed by atoms with E-state index in [0.717, 1.165) is 15.8 Å². The van der Waals surface area contributed by atoms with Crippen LogP contribution >= 0.6 is 50.1 Å². The van der Waals surface area contributed by atoms with Crippen LogP contribution in [0.1, 0.15) is 0 Å². The summed E-state index contributed by atoms with van der Waals surface area (Å²) in [4.78, 5) is 0. The predicted octanol–water partition coefficient (Wildman–Crippen LogP) is 7.12. The fraction of sp³-hybridized carbons (Fsp3) is 0. The topological polar surface area (TPSA) is 12.0 Å². The molecule has 1 nitrogen and oxygen atoms in total. The van der Waals surface area contributed by atoms with Crippen LogP contribution in [-0.4, -0.2) is 0 Å². The molecule has 0 spiro atoms. The number of benzene rings is 3. The van der Waals surface area contributed by atoms with Crippen LogP contribution in [0.5, 0.6) is 0 Å². The van der Waals surface area contributed by atoms with Crippen molar-refractivity contribution in [1.29, 1.82) is 0 Å². The molecule has 110 valence electrons. The van der Waals surface area contributed by atoms with E-state index in [1.807, 2.05) is 24.3 Å². The van der Waals surface area contributed by atoms with Crippen LogP contribution in [0.2, 0.25) is 5.02 Å². The molecule has 0 saturated carbocycles. The molecule has 0 heterocycles. The van der Waals surface area contributed by atoms with Crippen LogP contribution in [0.15, 0.2) is 71.2 Å². The van der Waals surface area contributed by atoms with E-state index in [9.17, 15) is 0 Å². The average Bonchev–Trinajstić information content (AvgIpc) is 2.52. The summed E-state index contributed by atoms with van der Waals surface area (Å²) < 4.78 is 2.20. The van der Waals surface area contributed by atoms with Gasteiger partial charge in [-0.3, -0.25) is 0 Å². The monoisotopic (exact) mass is 483 g/mol. The van der Waals surface area contributed by atoms with E-state index in [-0.39, 0.29) is 0 Å². The molecule has 3 rings (SSSR count). The average molecular weight is 485 g/mol. The molecule has 0 saturated heterocycles. The summed E-state index contributed by atoms with van der Waals surface area (Å²) in [6, 6.07) is 22.4. The normalized spacial score (nSPS) is 10.5. The highest BCUT2D eigenvalue weighted by Gasteiger charge is 2.09. The van der Waals surface area contributed by atoms with Crippen molar-refractivity contribution in [3.8, 4) is 11.1 Å². The smallest absolute Gasteiger partial charge is 0.0543 e. The SMILES string of the molecule is Clc1ccc(Br)c(Nc2ccccc2-c2ccccc2I)c1. The standard InChI is InChI=1S/C18H12BrClIN/c19-15-10-9-12(20)11-18(15)22-17-8-4-2-6-14(17)13-5-1-3-7-16(13)21/h1-11,22H. The first-order valence-corrected chi connectivity index (χ1v) is 8.96. The number of anilines is 2. The highest BCUT2D eigenvalue weighted by Crippen LogP contribution is 2.35. The van der Waals surface area contributed by atoms with Gasteiger partial charge in [-0.15, -0.1) is 0 Å². The Bertz CT molecular complexity index is 820. The second-order valence-electron chi connectivity index (χ2n) is 4.77.